The highest BCUT2D eigenvalue weighted by molar-refractivity contribution is 7.10. The van der Waals surface area contributed by atoms with E-state index in [2.05, 4.69) is 16.1 Å². The lowest BCUT2D eigenvalue weighted by Gasteiger charge is -2.13. The van der Waals surface area contributed by atoms with E-state index in [4.69, 9.17) is 0 Å². The lowest BCUT2D eigenvalue weighted by Crippen LogP contribution is -2.16. The Morgan fingerprint density at radius 1 is 1.71 bits per heavy atom. The third-order valence-electron chi connectivity index (χ3n) is 2.10. The van der Waals surface area contributed by atoms with Gasteiger partial charge in [-0.1, -0.05) is 6.07 Å². The van der Waals surface area contributed by atoms with E-state index in [1.807, 2.05) is 18.5 Å². The van der Waals surface area contributed by atoms with E-state index in [0.29, 0.717) is 6.42 Å². The molecule has 1 N–H and O–H groups in total. The smallest absolute Gasteiger partial charge is 0.305 e. The van der Waals surface area contributed by atoms with Crippen LogP contribution in [0.25, 0.3) is 0 Å². The van der Waals surface area contributed by atoms with Crippen molar-refractivity contribution < 1.29 is 9.53 Å². The summed E-state index contributed by atoms with van der Waals surface area (Å²) >= 11 is 1.70. The Morgan fingerprint density at radius 2 is 2.50 bits per heavy atom. The second-order valence-corrected chi connectivity index (χ2v) is 3.95. The first-order valence-electron chi connectivity index (χ1n) is 4.55. The number of nitrogens with one attached hydrogen (secondary N) is 1. The molecule has 0 radical (unpaired) electrons. The summed E-state index contributed by atoms with van der Waals surface area (Å²) in [7, 11) is 3.32. The minimum atomic E-state index is -0.151. The molecule has 0 bridgehead atoms. The van der Waals surface area contributed by atoms with Crippen LogP contribution in [-0.4, -0.2) is 20.1 Å². The largest absolute Gasteiger partial charge is 0.469 e. The standard InChI is InChI=1S/C10H15NO2S/c1-11-8(5-6-10(12)13-2)9-4-3-7-14-9/h3-4,7-8,11H,5-6H2,1-2H3. The van der Waals surface area contributed by atoms with Crippen molar-refractivity contribution in [3.05, 3.63) is 22.4 Å². The SMILES string of the molecule is CNC(CCC(=O)OC)c1cccs1. The van der Waals surface area contributed by atoms with E-state index in [1.165, 1.54) is 12.0 Å². The Kier molecular flexibility index (Phi) is 4.62. The number of hydrogen-bond acceptors (Lipinski definition) is 4. The van der Waals surface area contributed by atoms with Crippen LogP contribution < -0.4 is 5.32 Å². The summed E-state index contributed by atoms with van der Waals surface area (Å²) in [4.78, 5) is 12.2. The Morgan fingerprint density at radius 3 is 3.00 bits per heavy atom. The first kappa shape index (κ1) is 11.2. The second kappa shape index (κ2) is 5.78. The van der Waals surface area contributed by atoms with Gasteiger partial charge in [-0.3, -0.25) is 4.79 Å². The van der Waals surface area contributed by atoms with Crippen molar-refractivity contribution in [3.63, 3.8) is 0 Å². The molecule has 4 heteroatoms. The molecule has 0 aliphatic carbocycles. The number of carbonyl (C=O) groups excluding carboxylic acids is 1. The van der Waals surface area contributed by atoms with Crippen molar-refractivity contribution in [2.45, 2.75) is 18.9 Å². The van der Waals surface area contributed by atoms with E-state index < -0.39 is 0 Å². The number of ether oxygens (including phenoxy) is 1. The molecule has 78 valence electrons. The maximum absolute atomic E-state index is 11.0. The molecule has 0 saturated heterocycles. The van der Waals surface area contributed by atoms with E-state index >= 15 is 0 Å². The van der Waals surface area contributed by atoms with Crippen molar-refractivity contribution in [1.29, 1.82) is 0 Å². The molecule has 1 heterocycles. The van der Waals surface area contributed by atoms with Crippen molar-refractivity contribution in [2.24, 2.45) is 0 Å². The van der Waals surface area contributed by atoms with Crippen molar-refractivity contribution in [2.75, 3.05) is 14.2 Å². The van der Waals surface area contributed by atoms with Crippen LogP contribution in [0.15, 0.2) is 17.5 Å². The maximum atomic E-state index is 11.0. The minimum absolute atomic E-state index is 0.151. The van der Waals surface area contributed by atoms with Gasteiger partial charge in [0.1, 0.15) is 0 Å². The van der Waals surface area contributed by atoms with Gasteiger partial charge >= 0.3 is 5.97 Å². The van der Waals surface area contributed by atoms with Crippen molar-refractivity contribution in [1.82, 2.24) is 5.32 Å². The van der Waals surface area contributed by atoms with Crippen LogP contribution >= 0.6 is 11.3 Å². The van der Waals surface area contributed by atoms with Crippen LogP contribution in [0.3, 0.4) is 0 Å². The van der Waals surface area contributed by atoms with Gasteiger partial charge in [0.25, 0.3) is 0 Å². The molecule has 1 aromatic heterocycles. The number of hydrogen-bond donors (Lipinski definition) is 1. The molecule has 0 saturated carbocycles. The molecule has 0 amide bonds. The molecule has 0 aromatic carbocycles. The number of methoxy groups -OCH3 is 1. The normalized spacial score (nSPS) is 12.4. The molecule has 0 aliphatic heterocycles. The van der Waals surface area contributed by atoms with Gasteiger partial charge in [0.2, 0.25) is 0 Å². The van der Waals surface area contributed by atoms with Crippen LogP contribution in [0.4, 0.5) is 0 Å². The third kappa shape index (κ3) is 3.12. The highest BCUT2D eigenvalue weighted by atomic mass is 32.1. The Labute approximate surface area is 88.1 Å². The van der Waals surface area contributed by atoms with Gasteiger partial charge in [0.05, 0.1) is 7.11 Å². The summed E-state index contributed by atoms with van der Waals surface area (Å²) in [6.07, 6.45) is 1.24. The molecule has 1 atom stereocenters. The summed E-state index contributed by atoms with van der Waals surface area (Å²) < 4.78 is 4.60. The summed E-state index contributed by atoms with van der Waals surface area (Å²) in [6.45, 7) is 0. The van der Waals surface area contributed by atoms with E-state index in [9.17, 15) is 4.79 Å². The molecule has 1 aromatic rings. The van der Waals surface area contributed by atoms with Crippen LogP contribution in [0.5, 0.6) is 0 Å². The highest BCUT2D eigenvalue weighted by Gasteiger charge is 2.12. The summed E-state index contributed by atoms with van der Waals surface area (Å²) in [5.74, 6) is -0.151. The average molecular weight is 213 g/mol. The number of esters is 1. The van der Waals surface area contributed by atoms with E-state index in [-0.39, 0.29) is 12.0 Å². The Bertz CT molecular complexity index is 272. The summed E-state index contributed by atoms with van der Waals surface area (Å²) in [5, 5.41) is 5.23. The highest BCUT2D eigenvalue weighted by Crippen LogP contribution is 2.22. The zero-order valence-corrected chi connectivity index (χ0v) is 9.26. The zero-order chi connectivity index (χ0) is 10.4. The zero-order valence-electron chi connectivity index (χ0n) is 8.45. The topological polar surface area (TPSA) is 38.3 Å². The molecular weight excluding hydrogens is 198 g/mol. The lowest BCUT2D eigenvalue weighted by atomic mass is 10.1. The first-order valence-corrected chi connectivity index (χ1v) is 5.43. The second-order valence-electron chi connectivity index (χ2n) is 2.97. The predicted molar refractivity (Wildman–Crippen MR) is 57.4 cm³/mol. The molecule has 1 rings (SSSR count). The Balaban J connectivity index is 2.44. The summed E-state index contributed by atoms with van der Waals surface area (Å²) in [5.41, 5.74) is 0. The van der Waals surface area contributed by atoms with Gasteiger partial charge in [-0.15, -0.1) is 11.3 Å². The van der Waals surface area contributed by atoms with Crippen LogP contribution in [0, 0.1) is 0 Å². The first-order chi connectivity index (χ1) is 6.77. The van der Waals surface area contributed by atoms with Crippen LogP contribution in [-0.2, 0) is 9.53 Å². The van der Waals surface area contributed by atoms with Gasteiger partial charge in [-0.25, -0.2) is 0 Å². The van der Waals surface area contributed by atoms with Gasteiger partial charge < -0.3 is 10.1 Å². The van der Waals surface area contributed by atoms with Gasteiger partial charge in [-0.05, 0) is 24.9 Å². The predicted octanol–water partition coefficient (Wildman–Crippen LogP) is 1.96. The fourth-order valence-electron chi connectivity index (χ4n) is 1.28. The number of rotatable bonds is 5. The third-order valence-corrected chi connectivity index (χ3v) is 3.09. The molecule has 0 spiro atoms. The quantitative estimate of drug-likeness (QED) is 0.760. The molecule has 0 fully saturated rings. The fourth-order valence-corrected chi connectivity index (χ4v) is 2.15. The molecule has 1 unspecified atom stereocenters. The molecule has 0 aliphatic rings. The monoisotopic (exact) mass is 213 g/mol. The van der Waals surface area contributed by atoms with Gasteiger partial charge in [0.15, 0.2) is 0 Å². The average Bonchev–Trinajstić information content (AvgIpc) is 2.72. The van der Waals surface area contributed by atoms with Crippen molar-refractivity contribution >= 4 is 17.3 Å². The molecule has 14 heavy (non-hydrogen) atoms. The van der Waals surface area contributed by atoms with E-state index in [0.717, 1.165) is 6.42 Å². The Hall–Kier alpha value is -0.870. The molecular formula is C10H15NO2S. The van der Waals surface area contributed by atoms with Gasteiger partial charge in [-0.2, -0.15) is 0 Å². The summed E-state index contributed by atoms with van der Waals surface area (Å²) in [6, 6.07) is 4.35. The fraction of sp³-hybridized carbons (Fsp3) is 0.500. The van der Waals surface area contributed by atoms with Crippen molar-refractivity contribution in [3.8, 4) is 0 Å². The van der Waals surface area contributed by atoms with Gasteiger partial charge in [0, 0.05) is 17.3 Å². The van der Waals surface area contributed by atoms with Crippen LogP contribution in [0.2, 0.25) is 0 Å². The number of carbonyl (C=O) groups is 1. The minimum Gasteiger partial charge on any atom is -0.469 e. The van der Waals surface area contributed by atoms with E-state index in [1.54, 1.807) is 11.3 Å². The lowest BCUT2D eigenvalue weighted by molar-refractivity contribution is -0.140. The number of thiophene rings is 1. The van der Waals surface area contributed by atoms with Crippen LogP contribution in [0.1, 0.15) is 23.8 Å². The maximum Gasteiger partial charge on any atom is 0.305 e. The molecule has 3 nitrogen and oxygen atoms in total.